The van der Waals surface area contributed by atoms with Gasteiger partial charge in [0.2, 0.25) is 12.5 Å². The van der Waals surface area contributed by atoms with Crippen LogP contribution in [0.5, 0.6) is 6.01 Å². The van der Waals surface area contributed by atoms with Crippen molar-refractivity contribution in [2.24, 2.45) is 0 Å². The Morgan fingerprint density at radius 3 is 2.80 bits per heavy atom. The molecule has 14 heteroatoms. The molecule has 55 heavy (non-hydrogen) atoms. The monoisotopic (exact) mass is 768 g/mol. The van der Waals surface area contributed by atoms with Crippen LogP contribution in [0.15, 0.2) is 54.7 Å². The van der Waals surface area contributed by atoms with Crippen LogP contribution in [0.3, 0.4) is 0 Å². The van der Waals surface area contributed by atoms with Gasteiger partial charge in [-0.15, -0.1) is 0 Å². The Labute approximate surface area is 323 Å². The Morgan fingerprint density at radius 1 is 1.13 bits per heavy atom. The number of rotatable bonds is 9. The van der Waals surface area contributed by atoms with Crippen LogP contribution in [0.2, 0.25) is 5.02 Å². The molecular formula is C41H43ClF2N8O3. The molecule has 0 aliphatic carbocycles. The Morgan fingerprint density at radius 2 is 2.00 bits per heavy atom. The number of morpholine rings is 1. The lowest BCUT2D eigenvalue weighted by Gasteiger charge is -2.44. The van der Waals surface area contributed by atoms with E-state index in [4.69, 9.17) is 32.6 Å². The summed E-state index contributed by atoms with van der Waals surface area (Å²) in [7, 11) is 0. The van der Waals surface area contributed by atoms with E-state index in [0.29, 0.717) is 72.4 Å². The summed E-state index contributed by atoms with van der Waals surface area (Å²) in [5, 5.41) is 2.39. The number of carbonyl (C=O) groups is 1. The van der Waals surface area contributed by atoms with E-state index in [0.717, 1.165) is 50.8 Å². The van der Waals surface area contributed by atoms with Crippen LogP contribution < -0.4 is 9.64 Å². The summed E-state index contributed by atoms with van der Waals surface area (Å²) < 4.78 is 43.8. The smallest absolute Gasteiger partial charge is 0.319 e. The van der Waals surface area contributed by atoms with Crippen molar-refractivity contribution in [2.45, 2.75) is 62.0 Å². The fourth-order valence-corrected chi connectivity index (χ4v) is 9.78. The predicted octanol–water partition coefficient (Wildman–Crippen LogP) is 5.95. The van der Waals surface area contributed by atoms with Crippen molar-refractivity contribution in [2.75, 3.05) is 70.5 Å². The van der Waals surface area contributed by atoms with E-state index in [2.05, 4.69) is 24.6 Å². The van der Waals surface area contributed by atoms with Gasteiger partial charge < -0.3 is 24.1 Å². The van der Waals surface area contributed by atoms with E-state index < -0.39 is 23.6 Å². The van der Waals surface area contributed by atoms with Crippen molar-refractivity contribution in [1.82, 2.24) is 29.7 Å². The van der Waals surface area contributed by atoms with E-state index in [9.17, 15) is 9.18 Å². The molecule has 10 rings (SSSR count). The molecule has 286 valence electrons. The van der Waals surface area contributed by atoms with Gasteiger partial charge in [0.25, 0.3) is 0 Å². The fraction of sp³-hybridized carbons (Fsp3) is 0.488. The molecule has 4 aromatic rings. The van der Waals surface area contributed by atoms with Gasteiger partial charge in [-0.1, -0.05) is 48.0 Å². The van der Waals surface area contributed by atoms with Gasteiger partial charge in [-0.2, -0.15) is 9.97 Å². The predicted molar refractivity (Wildman–Crippen MR) is 206 cm³/mol. The van der Waals surface area contributed by atoms with Crippen molar-refractivity contribution in [3.8, 4) is 17.3 Å². The highest BCUT2D eigenvalue weighted by atomic mass is 35.5. The lowest BCUT2D eigenvalue weighted by Crippen LogP contribution is -2.56. The molecule has 5 atom stereocenters. The lowest BCUT2D eigenvalue weighted by atomic mass is 9.95. The van der Waals surface area contributed by atoms with E-state index in [-0.39, 0.29) is 42.4 Å². The number of nitrogens with zero attached hydrogens (tertiary/aromatic N) is 8. The second-order valence-corrected chi connectivity index (χ2v) is 15.9. The number of hydrogen-bond acceptors (Lipinski definition) is 9. The molecule has 0 saturated carbocycles. The Bertz CT molecular complexity index is 2190. The first-order chi connectivity index (χ1) is 26.8. The highest BCUT2D eigenvalue weighted by Gasteiger charge is 2.49. The van der Waals surface area contributed by atoms with Gasteiger partial charge in [-0.05, 0) is 43.7 Å². The lowest BCUT2D eigenvalue weighted by molar-refractivity contribution is -0.128. The number of piperidine rings is 1. The first-order valence-corrected chi connectivity index (χ1v) is 19.6. The first-order valence-electron chi connectivity index (χ1n) is 19.3. The van der Waals surface area contributed by atoms with Crippen LogP contribution in [0.1, 0.15) is 32.1 Å². The molecule has 6 fully saturated rings. The number of carbonyl (C=O) groups excluding carboxylic acids is 1. The largest absolute Gasteiger partial charge is 0.461 e. The number of pyridine rings is 1. The van der Waals surface area contributed by atoms with Gasteiger partial charge in [-0.3, -0.25) is 19.6 Å². The summed E-state index contributed by atoms with van der Waals surface area (Å²) in [5.74, 6) is -0.379. The Balaban J connectivity index is 1.03. The summed E-state index contributed by atoms with van der Waals surface area (Å²) in [6.45, 7) is 12.5. The number of aromatic nitrogens is 3. The van der Waals surface area contributed by atoms with Gasteiger partial charge in [0, 0.05) is 80.0 Å². The molecule has 0 radical (unpaired) electrons. The molecule has 0 N–H and O–H groups in total. The molecule has 2 aromatic carbocycles. The number of amides is 1. The number of alkyl halides is 1. The third-order valence-corrected chi connectivity index (χ3v) is 12.6. The molecular weight excluding hydrogens is 726 g/mol. The van der Waals surface area contributed by atoms with Crippen molar-refractivity contribution >= 4 is 45.0 Å². The van der Waals surface area contributed by atoms with Gasteiger partial charge in [0.1, 0.15) is 35.8 Å². The van der Waals surface area contributed by atoms with Crippen LogP contribution in [0, 0.1) is 12.4 Å². The van der Waals surface area contributed by atoms with E-state index in [1.165, 1.54) is 0 Å². The SMILES string of the molecule is [C-]#[N+]C[C@H]1CN(c2nc(OC[C@@]34CCCN3C[C@H](F)C4)nc3c(F)c(-c4cccc5cccc(Cl)c45)ncc23)CCN1C(=O)/C=C/CN1CC2CCC1CO2. The summed E-state index contributed by atoms with van der Waals surface area (Å²) in [4.78, 5) is 39.6. The molecule has 2 unspecified atom stereocenters. The highest BCUT2D eigenvalue weighted by molar-refractivity contribution is 6.36. The zero-order chi connectivity index (χ0) is 37.7. The van der Waals surface area contributed by atoms with E-state index in [1.54, 1.807) is 29.3 Å². The third kappa shape index (κ3) is 6.77. The van der Waals surface area contributed by atoms with E-state index in [1.807, 2.05) is 35.2 Å². The standard InChI is InChI=1S/C41H43ClF2N8O3/c1-45-19-29-22-50(16-17-52(29)34(53)10-4-14-49-23-30-12-11-28(49)24-54-30)39-32-20-46-37(31-8-2-6-26-7-3-9-33(42)35(26)31)36(44)38(32)47-40(48-39)55-25-41-13-5-15-51(41)21-27(43)18-41/h2-4,6-10,20,27-30H,5,11-19,21-25H2/b10-4+/t27-,28?,29+,30?,41+/m1/s1. The molecule has 2 aromatic heterocycles. The van der Waals surface area contributed by atoms with Gasteiger partial charge >= 0.3 is 6.01 Å². The molecule has 1 amide bonds. The molecule has 8 heterocycles. The maximum Gasteiger partial charge on any atom is 0.319 e. The minimum absolute atomic E-state index is 0.0157. The minimum atomic E-state index is -0.932. The minimum Gasteiger partial charge on any atom is -0.461 e. The number of halogens is 3. The average Bonchev–Trinajstić information content (AvgIpc) is 3.73. The number of ether oxygens (including phenoxy) is 2. The van der Waals surface area contributed by atoms with Gasteiger partial charge in [-0.25, -0.2) is 15.4 Å². The van der Waals surface area contributed by atoms with Gasteiger partial charge in [0.15, 0.2) is 5.82 Å². The molecule has 11 nitrogen and oxygen atoms in total. The number of anilines is 1. The maximum atomic E-state index is 17.0. The third-order valence-electron chi connectivity index (χ3n) is 12.3. The zero-order valence-electron chi connectivity index (χ0n) is 30.5. The molecule has 6 aliphatic rings. The van der Waals surface area contributed by atoms with Crippen molar-refractivity contribution in [1.29, 1.82) is 0 Å². The van der Waals surface area contributed by atoms with Crippen molar-refractivity contribution in [3.05, 3.63) is 77.0 Å². The zero-order valence-corrected chi connectivity index (χ0v) is 31.3. The second kappa shape index (κ2) is 14.9. The van der Waals surface area contributed by atoms with Crippen LogP contribution in [-0.2, 0) is 9.53 Å². The topological polar surface area (TPSA) is 91.5 Å². The number of fused-ring (bicyclic) bond motifs is 6. The number of benzene rings is 2. The maximum absolute atomic E-state index is 17.0. The van der Waals surface area contributed by atoms with Crippen LogP contribution >= 0.6 is 11.6 Å². The van der Waals surface area contributed by atoms with Crippen LogP contribution in [0.25, 0.3) is 37.8 Å². The van der Waals surface area contributed by atoms with Crippen LogP contribution in [0.4, 0.5) is 14.6 Å². The Kier molecular flexibility index (Phi) is 9.79. The summed E-state index contributed by atoms with van der Waals surface area (Å²) in [6, 6.07) is 11.0. The van der Waals surface area contributed by atoms with Crippen LogP contribution in [-0.4, -0.2) is 131 Å². The van der Waals surface area contributed by atoms with Crippen molar-refractivity contribution in [3.63, 3.8) is 0 Å². The van der Waals surface area contributed by atoms with Crippen molar-refractivity contribution < 1.29 is 23.0 Å². The quantitative estimate of drug-likeness (QED) is 0.152. The number of hydrogen-bond donors (Lipinski definition) is 0. The summed E-state index contributed by atoms with van der Waals surface area (Å²) in [5.41, 5.74) is 0.200. The fourth-order valence-electron chi connectivity index (χ4n) is 9.50. The summed E-state index contributed by atoms with van der Waals surface area (Å²) >= 11 is 6.65. The molecule has 6 saturated heterocycles. The first kappa shape index (κ1) is 36.2. The normalized spacial score (nSPS) is 27.0. The highest BCUT2D eigenvalue weighted by Crippen LogP contribution is 2.41. The molecule has 2 bridgehead atoms. The average molecular weight is 769 g/mol. The molecule has 0 spiro atoms. The van der Waals surface area contributed by atoms with E-state index >= 15 is 4.39 Å². The van der Waals surface area contributed by atoms with Gasteiger partial charge in [0.05, 0.1) is 23.6 Å². The summed E-state index contributed by atoms with van der Waals surface area (Å²) in [6.07, 6.45) is 8.77. The number of piperazine rings is 1. The Hall–Kier alpha value is -4.48. The molecule has 6 aliphatic heterocycles. The second-order valence-electron chi connectivity index (χ2n) is 15.5.